The Morgan fingerprint density at radius 3 is 2.29 bits per heavy atom. The smallest absolute Gasteiger partial charge is 0.329 e. The average Bonchev–Trinajstić information content (AvgIpc) is 2.41. The quantitative estimate of drug-likeness (QED) is 0.907. The third-order valence-corrected chi connectivity index (χ3v) is 3.74. The van der Waals surface area contributed by atoms with Crippen LogP contribution in [-0.2, 0) is 11.3 Å². The van der Waals surface area contributed by atoms with Gasteiger partial charge in [-0.1, -0.05) is 24.3 Å². The van der Waals surface area contributed by atoms with Crippen molar-refractivity contribution in [2.75, 3.05) is 13.6 Å². The molecule has 5 nitrogen and oxygen atoms in total. The fourth-order valence-electron chi connectivity index (χ4n) is 2.20. The Morgan fingerprint density at radius 2 is 1.81 bits per heavy atom. The van der Waals surface area contributed by atoms with Crippen molar-refractivity contribution in [3.05, 3.63) is 35.4 Å². The summed E-state index contributed by atoms with van der Waals surface area (Å²) in [5, 5.41) is 9.29. The number of aliphatic carboxylic acids is 1. The van der Waals surface area contributed by atoms with E-state index in [1.54, 1.807) is 32.7 Å². The number of hydrogen-bond acceptors (Lipinski definition) is 2. The van der Waals surface area contributed by atoms with Gasteiger partial charge in [-0.15, -0.1) is 0 Å². The van der Waals surface area contributed by atoms with Crippen LogP contribution in [0, 0.1) is 6.92 Å². The molecule has 0 atom stereocenters. The standard InChI is InChI=1S/C16H24N2O3/c1-6-18(16(3,4)14(19)20)15(21)17(5)11-13-10-8-7-9-12(13)2/h7-10H,6,11H2,1-5H3,(H,19,20). The van der Waals surface area contributed by atoms with Gasteiger partial charge in [-0.05, 0) is 38.8 Å². The number of carbonyl (C=O) groups excluding carboxylic acids is 1. The highest BCUT2D eigenvalue weighted by Gasteiger charge is 2.38. The SMILES string of the molecule is CCN(C(=O)N(C)Cc1ccccc1C)C(C)(C)C(=O)O. The first-order valence-corrected chi connectivity index (χ1v) is 7.02. The molecule has 1 N–H and O–H groups in total. The Hall–Kier alpha value is -2.04. The molecule has 0 radical (unpaired) electrons. The van der Waals surface area contributed by atoms with Gasteiger partial charge in [0, 0.05) is 20.1 Å². The summed E-state index contributed by atoms with van der Waals surface area (Å²) in [6.45, 7) is 7.65. The Bertz CT molecular complexity index is 526. The largest absolute Gasteiger partial charge is 0.480 e. The second-order valence-electron chi connectivity index (χ2n) is 5.67. The first-order valence-electron chi connectivity index (χ1n) is 7.02. The van der Waals surface area contributed by atoms with Gasteiger partial charge in [0.1, 0.15) is 5.54 Å². The molecule has 0 aliphatic carbocycles. The first-order chi connectivity index (χ1) is 9.71. The van der Waals surface area contributed by atoms with Gasteiger partial charge in [0.25, 0.3) is 0 Å². The van der Waals surface area contributed by atoms with Crippen LogP contribution in [0.5, 0.6) is 0 Å². The van der Waals surface area contributed by atoms with E-state index in [0.29, 0.717) is 13.1 Å². The van der Waals surface area contributed by atoms with Crippen LogP contribution in [0.25, 0.3) is 0 Å². The molecule has 0 unspecified atom stereocenters. The fourth-order valence-corrected chi connectivity index (χ4v) is 2.20. The molecule has 0 aliphatic heterocycles. The number of rotatable bonds is 5. The maximum Gasteiger partial charge on any atom is 0.329 e. The Kier molecular flexibility index (Phi) is 5.35. The lowest BCUT2D eigenvalue weighted by molar-refractivity contribution is -0.147. The lowest BCUT2D eigenvalue weighted by Gasteiger charge is -2.37. The van der Waals surface area contributed by atoms with Crippen molar-refractivity contribution < 1.29 is 14.7 Å². The third kappa shape index (κ3) is 3.74. The van der Waals surface area contributed by atoms with E-state index in [9.17, 15) is 14.7 Å². The molecule has 0 heterocycles. The molecule has 0 saturated carbocycles. The lowest BCUT2D eigenvalue weighted by atomic mass is 10.0. The molecule has 21 heavy (non-hydrogen) atoms. The van der Waals surface area contributed by atoms with Crippen LogP contribution >= 0.6 is 0 Å². The first kappa shape index (κ1) is 17.0. The van der Waals surface area contributed by atoms with Gasteiger partial charge in [0.2, 0.25) is 0 Å². The highest BCUT2D eigenvalue weighted by molar-refractivity contribution is 5.85. The maximum atomic E-state index is 12.5. The third-order valence-electron chi connectivity index (χ3n) is 3.74. The summed E-state index contributed by atoms with van der Waals surface area (Å²) in [6, 6.07) is 7.56. The minimum absolute atomic E-state index is 0.284. The number of hydrogen-bond donors (Lipinski definition) is 1. The summed E-state index contributed by atoms with van der Waals surface area (Å²) in [7, 11) is 1.69. The van der Waals surface area contributed by atoms with Crippen LogP contribution < -0.4 is 0 Å². The lowest BCUT2D eigenvalue weighted by Crippen LogP contribution is -2.56. The van der Waals surface area contributed by atoms with E-state index in [1.807, 2.05) is 31.2 Å². The van der Waals surface area contributed by atoms with Gasteiger partial charge in [-0.3, -0.25) is 0 Å². The van der Waals surface area contributed by atoms with Crippen molar-refractivity contribution in [2.45, 2.75) is 39.8 Å². The topological polar surface area (TPSA) is 60.9 Å². The molecule has 2 amide bonds. The van der Waals surface area contributed by atoms with Crippen LogP contribution in [0.2, 0.25) is 0 Å². The highest BCUT2D eigenvalue weighted by Crippen LogP contribution is 2.18. The van der Waals surface area contributed by atoms with Crippen LogP contribution in [0.3, 0.4) is 0 Å². The van der Waals surface area contributed by atoms with E-state index in [4.69, 9.17) is 0 Å². The molecule has 0 bridgehead atoms. The molecular formula is C16H24N2O3. The van der Waals surface area contributed by atoms with Crippen molar-refractivity contribution >= 4 is 12.0 Å². The van der Waals surface area contributed by atoms with Gasteiger partial charge in [0.05, 0.1) is 0 Å². The van der Waals surface area contributed by atoms with Crippen molar-refractivity contribution in [1.29, 1.82) is 0 Å². The average molecular weight is 292 g/mol. The summed E-state index contributed by atoms with van der Waals surface area (Å²) in [4.78, 5) is 26.8. The Morgan fingerprint density at radius 1 is 1.24 bits per heavy atom. The minimum atomic E-state index is -1.23. The van der Waals surface area contributed by atoms with Crippen molar-refractivity contribution in [3.8, 4) is 0 Å². The molecule has 0 spiro atoms. The molecule has 116 valence electrons. The summed E-state index contributed by atoms with van der Waals surface area (Å²) in [5.74, 6) is -1.01. The van der Waals surface area contributed by atoms with E-state index < -0.39 is 11.5 Å². The highest BCUT2D eigenvalue weighted by atomic mass is 16.4. The Labute approximate surface area is 126 Å². The number of urea groups is 1. The predicted octanol–water partition coefficient (Wildman–Crippen LogP) is 2.73. The van der Waals surface area contributed by atoms with E-state index in [-0.39, 0.29) is 6.03 Å². The number of carboxylic acid groups (broad SMARTS) is 1. The van der Waals surface area contributed by atoms with Gasteiger partial charge < -0.3 is 14.9 Å². The van der Waals surface area contributed by atoms with Crippen LogP contribution in [0.4, 0.5) is 4.79 Å². The molecule has 5 heteroatoms. The molecule has 0 saturated heterocycles. The molecule has 0 fully saturated rings. The van der Waals surface area contributed by atoms with Gasteiger partial charge in [0.15, 0.2) is 0 Å². The van der Waals surface area contributed by atoms with Gasteiger partial charge in [-0.2, -0.15) is 0 Å². The molecule has 1 aromatic rings. The Balaban J connectivity index is 2.91. The summed E-state index contributed by atoms with van der Waals surface area (Å²) < 4.78 is 0. The second-order valence-corrected chi connectivity index (χ2v) is 5.67. The van der Waals surface area contributed by atoms with Gasteiger partial charge in [-0.25, -0.2) is 9.59 Å². The predicted molar refractivity (Wildman–Crippen MR) is 82.1 cm³/mol. The number of aryl methyl sites for hydroxylation is 1. The minimum Gasteiger partial charge on any atom is -0.480 e. The van der Waals surface area contributed by atoms with E-state index >= 15 is 0 Å². The number of likely N-dealkylation sites (N-methyl/N-ethyl adjacent to an activating group) is 1. The van der Waals surface area contributed by atoms with E-state index in [0.717, 1.165) is 11.1 Å². The molecule has 0 aromatic heterocycles. The summed E-state index contributed by atoms with van der Waals surface area (Å²) >= 11 is 0. The van der Waals surface area contributed by atoms with Crippen molar-refractivity contribution in [3.63, 3.8) is 0 Å². The number of carbonyl (C=O) groups is 2. The van der Waals surface area contributed by atoms with Crippen LogP contribution in [0.1, 0.15) is 31.9 Å². The van der Waals surface area contributed by atoms with Gasteiger partial charge >= 0.3 is 12.0 Å². The maximum absolute atomic E-state index is 12.5. The zero-order chi connectivity index (χ0) is 16.2. The van der Waals surface area contributed by atoms with Crippen LogP contribution in [0.15, 0.2) is 24.3 Å². The molecule has 1 rings (SSSR count). The summed E-state index contributed by atoms with van der Waals surface area (Å²) in [6.07, 6.45) is 0. The zero-order valence-corrected chi connectivity index (χ0v) is 13.4. The second kappa shape index (κ2) is 6.61. The zero-order valence-electron chi connectivity index (χ0n) is 13.4. The van der Waals surface area contributed by atoms with Crippen molar-refractivity contribution in [2.24, 2.45) is 0 Å². The van der Waals surface area contributed by atoms with E-state index in [1.165, 1.54) is 4.90 Å². The van der Waals surface area contributed by atoms with Crippen LogP contribution in [-0.4, -0.2) is 46.0 Å². The number of benzene rings is 1. The molecule has 1 aromatic carbocycles. The normalized spacial score (nSPS) is 11.1. The number of carboxylic acids is 1. The summed E-state index contributed by atoms with van der Waals surface area (Å²) in [5.41, 5.74) is 0.932. The molecular weight excluding hydrogens is 268 g/mol. The van der Waals surface area contributed by atoms with E-state index in [2.05, 4.69) is 0 Å². The fraction of sp³-hybridized carbons (Fsp3) is 0.500. The monoisotopic (exact) mass is 292 g/mol. The van der Waals surface area contributed by atoms with Crippen molar-refractivity contribution in [1.82, 2.24) is 9.80 Å². The number of nitrogens with zero attached hydrogens (tertiary/aromatic N) is 2. The number of amides is 2. The molecule has 0 aliphatic rings.